The Hall–Kier alpha value is -1.29. The molecule has 3 N–H and O–H groups in total. The third kappa shape index (κ3) is 3.40. The van der Waals surface area contributed by atoms with Gasteiger partial charge in [0.25, 0.3) is 0 Å². The Bertz CT molecular complexity index is 291. The number of hydrogen-bond acceptors (Lipinski definition) is 4. The Morgan fingerprint density at radius 2 is 2.27 bits per heavy atom. The summed E-state index contributed by atoms with van der Waals surface area (Å²) in [5.41, 5.74) is 6.51. The van der Waals surface area contributed by atoms with Gasteiger partial charge < -0.3 is 15.7 Å². The standard InChI is InChI=1S/C11H19N3O/c1-2-3-7-14(8-9-15)11-10(12)5-4-6-13-11/h4-6,15H,2-3,7-9,12H2,1H3. The molecule has 0 aliphatic carbocycles. The molecule has 84 valence electrons. The van der Waals surface area contributed by atoms with E-state index >= 15 is 0 Å². The smallest absolute Gasteiger partial charge is 0.151 e. The highest BCUT2D eigenvalue weighted by Crippen LogP contribution is 2.19. The van der Waals surface area contributed by atoms with Crippen molar-refractivity contribution in [3.63, 3.8) is 0 Å². The van der Waals surface area contributed by atoms with Crippen LogP contribution in [-0.2, 0) is 0 Å². The Kier molecular flexibility index (Phi) is 4.90. The molecule has 0 saturated carbocycles. The van der Waals surface area contributed by atoms with E-state index in [4.69, 9.17) is 10.8 Å². The molecule has 0 spiro atoms. The predicted octanol–water partition coefficient (Wildman–Crippen LogP) is 1.26. The highest BCUT2D eigenvalue weighted by atomic mass is 16.3. The normalized spacial score (nSPS) is 10.3. The molecule has 0 aliphatic heterocycles. The monoisotopic (exact) mass is 209 g/mol. The van der Waals surface area contributed by atoms with Gasteiger partial charge >= 0.3 is 0 Å². The van der Waals surface area contributed by atoms with Crippen LogP contribution in [0.5, 0.6) is 0 Å². The molecule has 0 bridgehead atoms. The number of pyridine rings is 1. The van der Waals surface area contributed by atoms with Crippen LogP contribution in [-0.4, -0.2) is 29.8 Å². The third-order valence-electron chi connectivity index (χ3n) is 2.27. The van der Waals surface area contributed by atoms with Gasteiger partial charge in [0, 0.05) is 19.3 Å². The van der Waals surface area contributed by atoms with Crippen LogP contribution >= 0.6 is 0 Å². The van der Waals surface area contributed by atoms with E-state index in [0.717, 1.165) is 25.2 Å². The van der Waals surface area contributed by atoms with E-state index in [1.54, 1.807) is 6.20 Å². The van der Waals surface area contributed by atoms with Gasteiger partial charge in [0.05, 0.1) is 12.3 Å². The molecule has 0 saturated heterocycles. The predicted molar refractivity (Wildman–Crippen MR) is 62.9 cm³/mol. The number of unbranched alkanes of at least 4 members (excludes halogenated alkanes) is 1. The average molecular weight is 209 g/mol. The minimum Gasteiger partial charge on any atom is -0.396 e. The Morgan fingerprint density at radius 3 is 2.87 bits per heavy atom. The SMILES string of the molecule is CCCCN(CCO)c1ncccc1N. The molecule has 1 heterocycles. The molecule has 0 amide bonds. The molecule has 15 heavy (non-hydrogen) atoms. The van der Waals surface area contributed by atoms with Crippen molar-refractivity contribution < 1.29 is 5.11 Å². The lowest BCUT2D eigenvalue weighted by atomic mass is 10.3. The first-order valence-electron chi connectivity index (χ1n) is 5.36. The van der Waals surface area contributed by atoms with Crippen LogP contribution in [0, 0.1) is 0 Å². The molecular formula is C11H19N3O. The zero-order chi connectivity index (χ0) is 11.1. The van der Waals surface area contributed by atoms with Gasteiger partial charge in [0.15, 0.2) is 5.82 Å². The zero-order valence-electron chi connectivity index (χ0n) is 9.19. The van der Waals surface area contributed by atoms with Crippen molar-refractivity contribution in [3.8, 4) is 0 Å². The fraction of sp³-hybridized carbons (Fsp3) is 0.545. The maximum Gasteiger partial charge on any atom is 0.151 e. The van der Waals surface area contributed by atoms with Crippen molar-refractivity contribution in [2.75, 3.05) is 30.3 Å². The van der Waals surface area contributed by atoms with Crippen LogP contribution in [0.25, 0.3) is 0 Å². The van der Waals surface area contributed by atoms with E-state index in [1.165, 1.54) is 0 Å². The molecule has 0 radical (unpaired) electrons. The van der Waals surface area contributed by atoms with Gasteiger partial charge in [-0.2, -0.15) is 0 Å². The molecule has 0 atom stereocenters. The van der Waals surface area contributed by atoms with Gasteiger partial charge in [-0.15, -0.1) is 0 Å². The van der Waals surface area contributed by atoms with Gasteiger partial charge in [0.1, 0.15) is 0 Å². The fourth-order valence-electron chi connectivity index (χ4n) is 1.47. The second-order valence-electron chi connectivity index (χ2n) is 3.48. The van der Waals surface area contributed by atoms with Gasteiger partial charge in [-0.1, -0.05) is 13.3 Å². The van der Waals surface area contributed by atoms with Crippen LogP contribution in [0.3, 0.4) is 0 Å². The summed E-state index contributed by atoms with van der Waals surface area (Å²) in [7, 11) is 0. The molecule has 0 unspecified atom stereocenters. The number of aliphatic hydroxyl groups excluding tert-OH is 1. The van der Waals surface area contributed by atoms with Crippen molar-refractivity contribution >= 4 is 11.5 Å². The number of rotatable bonds is 6. The van der Waals surface area contributed by atoms with Crippen molar-refractivity contribution in [3.05, 3.63) is 18.3 Å². The third-order valence-corrected chi connectivity index (χ3v) is 2.27. The number of nitrogens with zero attached hydrogens (tertiary/aromatic N) is 2. The molecule has 4 nitrogen and oxygen atoms in total. The first-order valence-corrected chi connectivity index (χ1v) is 5.36. The second kappa shape index (κ2) is 6.24. The van der Waals surface area contributed by atoms with Crippen molar-refractivity contribution in [2.24, 2.45) is 0 Å². The molecule has 0 aromatic carbocycles. The molecule has 1 aromatic rings. The maximum absolute atomic E-state index is 8.98. The van der Waals surface area contributed by atoms with Gasteiger partial charge in [0.2, 0.25) is 0 Å². The zero-order valence-corrected chi connectivity index (χ0v) is 9.19. The Morgan fingerprint density at radius 1 is 1.47 bits per heavy atom. The van der Waals surface area contributed by atoms with Gasteiger partial charge in [-0.3, -0.25) is 0 Å². The van der Waals surface area contributed by atoms with Crippen LogP contribution < -0.4 is 10.6 Å². The summed E-state index contributed by atoms with van der Waals surface area (Å²) in [6, 6.07) is 3.65. The molecule has 0 aliphatic rings. The highest BCUT2D eigenvalue weighted by Gasteiger charge is 2.09. The van der Waals surface area contributed by atoms with Gasteiger partial charge in [-0.05, 0) is 18.6 Å². The van der Waals surface area contributed by atoms with Crippen molar-refractivity contribution in [2.45, 2.75) is 19.8 Å². The highest BCUT2D eigenvalue weighted by molar-refractivity contribution is 5.62. The molecule has 1 rings (SSSR count). The lowest BCUT2D eigenvalue weighted by Gasteiger charge is -2.23. The lowest BCUT2D eigenvalue weighted by Crippen LogP contribution is -2.29. The first kappa shape index (κ1) is 11.8. The summed E-state index contributed by atoms with van der Waals surface area (Å²) in [5, 5.41) is 8.98. The first-order chi connectivity index (χ1) is 7.29. The van der Waals surface area contributed by atoms with E-state index in [0.29, 0.717) is 12.2 Å². The molecule has 1 aromatic heterocycles. The van der Waals surface area contributed by atoms with Crippen LogP contribution in [0.15, 0.2) is 18.3 Å². The van der Waals surface area contributed by atoms with Crippen LogP contribution in [0.1, 0.15) is 19.8 Å². The summed E-state index contributed by atoms with van der Waals surface area (Å²) in [5.74, 6) is 0.778. The van der Waals surface area contributed by atoms with E-state index in [1.807, 2.05) is 17.0 Å². The van der Waals surface area contributed by atoms with E-state index in [9.17, 15) is 0 Å². The summed E-state index contributed by atoms with van der Waals surface area (Å²) in [6.07, 6.45) is 3.92. The average Bonchev–Trinajstić information content (AvgIpc) is 2.25. The molecule has 4 heteroatoms. The number of aliphatic hydroxyl groups is 1. The van der Waals surface area contributed by atoms with Crippen LogP contribution in [0.2, 0.25) is 0 Å². The fourth-order valence-corrected chi connectivity index (χ4v) is 1.47. The number of aromatic nitrogens is 1. The summed E-state index contributed by atoms with van der Waals surface area (Å²) >= 11 is 0. The van der Waals surface area contributed by atoms with E-state index in [2.05, 4.69) is 11.9 Å². The number of nitrogens with two attached hydrogens (primary N) is 1. The summed E-state index contributed by atoms with van der Waals surface area (Å²) in [4.78, 5) is 6.27. The van der Waals surface area contributed by atoms with Crippen molar-refractivity contribution in [1.82, 2.24) is 4.98 Å². The number of anilines is 2. The van der Waals surface area contributed by atoms with Crippen LogP contribution in [0.4, 0.5) is 11.5 Å². The van der Waals surface area contributed by atoms with Gasteiger partial charge in [-0.25, -0.2) is 4.98 Å². The largest absolute Gasteiger partial charge is 0.396 e. The topological polar surface area (TPSA) is 62.4 Å². The number of nitrogen functional groups attached to an aromatic ring is 1. The maximum atomic E-state index is 8.98. The summed E-state index contributed by atoms with van der Waals surface area (Å²) < 4.78 is 0. The lowest BCUT2D eigenvalue weighted by molar-refractivity contribution is 0.301. The summed E-state index contributed by atoms with van der Waals surface area (Å²) in [6.45, 7) is 3.73. The van der Waals surface area contributed by atoms with E-state index < -0.39 is 0 Å². The van der Waals surface area contributed by atoms with E-state index in [-0.39, 0.29) is 6.61 Å². The quantitative estimate of drug-likeness (QED) is 0.740. The Labute approximate surface area is 90.7 Å². The minimum absolute atomic E-state index is 0.125. The number of hydrogen-bond donors (Lipinski definition) is 2. The molecule has 0 fully saturated rings. The molecular weight excluding hydrogens is 190 g/mol. The second-order valence-corrected chi connectivity index (χ2v) is 3.48. The minimum atomic E-state index is 0.125. The Balaban J connectivity index is 2.74. The van der Waals surface area contributed by atoms with Crippen molar-refractivity contribution in [1.29, 1.82) is 0 Å².